The number of alkyl halides is 3. The largest absolute Gasteiger partial charge is 0.481 e. The van der Waals surface area contributed by atoms with Crippen LogP contribution in [0.15, 0.2) is 18.3 Å². The maximum absolute atomic E-state index is 14.3. The van der Waals surface area contributed by atoms with E-state index >= 15 is 0 Å². The van der Waals surface area contributed by atoms with Crippen molar-refractivity contribution in [3.05, 3.63) is 29.8 Å². The van der Waals surface area contributed by atoms with Crippen molar-refractivity contribution < 1.29 is 37.0 Å². The van der Waals surface area contributed by atoms with Crippen molar-refractivity contribution in [3.63, 3.8) is 0 Å². The monoisotopic (exact) mass is 541 g/mol. The number of aromatic amines is 1. The van der Waals surface area contributed by atoms with Crippen molar-refractivity contribution in [2.45, 2.75) is 75.7 Å². The Morgan fingerprint density at radius 2 is 1.97 bits per heavy atom. The van der Waals surface area contributed by atoms with Crippen molar-refractivity contribution in [1.29, 1.82) is 0 Å². The number of rotatable bonds is 6. The summed E-state index contributed by atoms with van der Waals surface area (Å²) in [6.07, 6.45) is -3.11. The van der Waals surface area contributed by atoms with Gasteiger partial charge in [0.05, 0.1) is 19.0 Å². The molecule has 0 radical (unpaired) electrons. The molecule has 0 spiro atoms. The van der Waals surface area contributed by atoms with Crippen molar-refractivity contribution in [2.75, 3.05) is 13.7 Å². The van der Waals surface area contributed by atoms with Gasteiger partial charge in [-0.25, -0.2) is 9.37 Å². The molecule has 1 saturated heterocycles. The Morgan fingerprint density at radius 1 is 1.26 bits per heavy atom. The lowest BCUT2D eigenvalue weighted by Crippen LogP contribution is -2.53. The number of hydrogen-bond acceptors (Lipinski definition) is 6. The van der Waals surface area contributed by atoms with Gasteiger partial charge in [0, 0.05) is 36.2 Å². The maximum Gasteiger partial charge on any atom is 0.417 e. The molecule has 2 aromatic heterocycles. The first-order valence-electron chi connectivity index (χ1n) is 12.6. The number of carbonyl (C=O) groups is 2. The molecule has 2 fully saturated rings. The zero-order valence-corrected chi connectivity index (χ0v) is 21.1. The molecular formula is C25H31F4N5O4. The van der Waals surface area contributed by atoms with Crippen LogP contribution in [0, 0.1) is 11.7 Å². The van der Waals surface area contributed by atoms with E-state index in [2.05, 4.69) is 20.5 Å². The lowest BCUT2D eigenvalue weighted by Gasteiger charge is -2.40. The van der Waals surface area contributed by atoms with E-state index < -0.39 is 36.5 Å². The van der Waals surface area contributed by atoms with Gasteiger partial charge in [-0.05, 0) is 51.0 Å². The topological polar surface area (TPSA) is 120 Å². The predicted octanol–water partition coefficient (Wildman–Crippen LogP) is 3.60. The summed E-state index contributed by atoms with van der Waals surface area (Å²) in [6.45, 7) is 2.20. The summed E-state index contributed by atoms with van der Waals surface area (Å²) in [4.78, 5) is 31.6. The minimum absolute atomic E-state index is 0.0434. The van der Waals surface area contributed by atoms with Crippen molar-refractivity contribution in [3.8, 4) is 17.1 Å². The predicted molar refractivity (Wildman–Crippen MR) is 128 cm³/mol. The molecule has 38 heavy (non-hydrogen) atoms. The van der Waals surface area contributed by atoms with Gasteiger partial charge in [0.25, 0.3) is 5.91 Å². The van der Waals surface area contributed by atoms with Crippen LogP contribution in [0.3, 0.4) is 0 Å². The van der Waals surface area contributed by atoms with E-state index in [9.17, 15) is 32.3 Å². The van der Waals surface area contributed by atoms with Gasteiger partial charge in [0.15, 0.2) is 17.1 Å². The SMILES string of the molecule is CC[C@@H]1C[C@H](C(=O)N[C@H]2CC[C@@](O)(C(F)(F)F)CC2)CCN1C(=O)c1cc(-c2cc(OC)ncc2F)[nH]n1. The summed E-state index contributed by atoms with van der Waals surface area (Å²) in [6, 6.07) is 2.18. The molecule has 2 atom stereocenters. The fourth-order valence-electron chi connectivity index (χ4n) is 5.24. The lowest BCUT2D eigenvalue weighted by atomic mass is 9.81. The number of nitrogens with one attached hydrogen (secondary N) is 2. The van der Waals surface area contributed by atoms with Gasteiger partial charge in [-0.2, -0.15) is 18.3 Å². The third-order valence-corrected chi connectivity index (χ3v) is 7.63. The number of halogens is 4. The highest BCUT2D eigenvalue weighted by Crippen LogP contribution is 2.41. The number of likely N-dealkylation sites (tertiary alicyclic amines) is 1. The van der Waals surface area contributed by atoms with Gasteiger partial charge in [0.1, 0.15) is 0 Å². The number of carbonyl (C=O) groups excluding carboxylic acids is 2. The number of methoxy groups -OCH3 is 1. The number of amides is 2. The summed E-state index contributed by atoms with van der Waals surface area (Å²) in [7, 11) is 1.41. The van der Waals surface area contributed by atoms with Crippen molar-refractivity contribution in [2.24, 2.45) is 5.92 Å². The summed E-state index contributed by atoms with van der Waals surface area (Å²) >= 11 is 0. The average Bonchev–Trinajstić information content (AvgIpc) is 3.39. The van der Waals surface area contributed by atoms with E-state index in [1.54, 1.807) is 4.90 Å². The molecule has 1 aliphatic carbocycles. The summed E-state index contributed by atoms with van der Waals surface area (Å²) in [5, 5.41) is 19.4. The van der Waals surface area contributed by atoms with Crippen LogP contribution in [0.25, 0.3) is 11.3 Å². The Balaban J connectivity index is 1.36. The Bertz CT molecular complexity index is 1160. The summed E-state index contributed by atoms with van der Waals surface area (Å²) in [5.41, 5.74) is -2.15. The first kappa shape index (κ1) is 27.8. The van der Waals surface area contributed by atoms with Crippen LogP contribution in [0.2, 0.25) is 0 Å². The minimum Gasteiger partial charge on any atom is -0.481 e. The van der Waals surface area contributed by atoms with Crippen LogP contribution in [0.5, 0.6) is 5.88 Å². The van der Waals surface area contributed by atoms with E-state index in [1.165, 1.54) is 19.2 Å². The van der Waals surface area contributed by atoms with Crippen LogP contribution in [0.4, 0.5) is 17.6 Å². The molecule has 2 amide bonds. The number of aromatic nitrogens is 3. The highest BCUT2D eigenvalue weighted by atomic mass is 19.4. The molecule has 3 N–H and O–H groups in total. The van der Waals surface area contributed by atoms with Crippen molar-refractivity contribution >= 4 is 11.8 Å². The van der Waals surface area contributed by atoms with E-state index in [1.807, 2.05) is 6.92 Å². The highest BCUT2D eigenvalue weighted by Gasteiger charge is 2.54. The molecule has 4 rings (SSSR count). The van der Waals surface area contributed by atoms with Crippen LogP contribution in [-0.4, -0.2) is 74.5 Å². The molecule has 0 bridgehead atoms. The molecule has 1 saturated carbocycles. The van der Waals surface area contributed by atoms with Crippen LogP contribution in [0.1, 0.15) is 62.4 Å². The zero-order chi connectivity index (χ0) is 27.7. The molecular weight excluding hydrogens is 510 g/mol. The summed E-state index contributed by atoms with van der Waals surface area (Å²) in [5.74, 6) is -1.38. The second-order valence-electron chi connectivity index (χ2n) is 9.97. The fraction of sp³-hybridized carbons (Fsp3) is 0.600. The second kappa shape index (κ2) is 10.9. The molecule has 13 heteroatoms. The van der Waals surface area contributed by atoms with E-state index in [0.717, 1.165) is 6.20 Å². The fourth-order valence-corrected chi connectivity index (χ4v) is 5.24. The Kier molecular flexibility index (Phi) is 7.96. The number of nitrogens with zero attached hydrogens (tertiary/aromatic N) is 3. The summed E-state index contributed by atoms with van der Waals surface area (Å²) < 4.78 is 58.5. The standard InChI is InChI=1S/C25H31F4N5O4/c1-3-16-10-14(22(35)31-15-4-7-24(37,8-5-15)25(27,28)29)6-9-34(16)23(36)20-12-19(32-33-20)17-11-21(38-2)30-13-18(17)26/h11-16,37H,3-10H2,1-2H3,(H,31,35)(H,32,33)/t14-,15-,16-,24-/m1/s1. The zero-order valence-electron chi connectivity index (χ0n) is 21.1. The quantitative estimate of drug-likeness (QED) is 0.481. The third kappa shape index (κ3) is 5.62. The number of aliphatic hydroxyl groups is 1. The number of piperidine rings is 1. The molecule has 2 aliphatic rings. The Labute approximate surface area is 217 Å². The van der Waals surface area contributed by atoms with Gasteiger partial charge in [-0.3, -0.25) is 14.7 Å². The third-order valence-electron chi connectivity index (χ3n) is 7.63. The molecule has 2 aromatic rings. The molecule has 208 valence electrons. The normalized spacial score (nSPS) is 26.2. The van der Waals surface area contributed by atoms with E-state index in [-0.39, 0.29) is 53.8 Å². The molecule has 0 unspecified atom stereocenters. The highest BCUT2D eigenvalue weighted by molar-refractivity contribution is 5.94. The second-order valence-corrected chi connectivity index (χ2v) is 9.97. The number of pyridine rings is 1. The first-order valence-corrected chi connectivity index (χ1v) is 12.6. The number of ether oxygens (including phenoxy) is 1. The van der Waals surface area contributed by atoms with Crippen LogP contribution >= 0.6 is 0 Å². The number of hydrogen-bond donors (Lipinski definition) is 3. The lowest BCUT2D eigenvalue weighted by molar-refractivity contribution is -0.270. The first-order chi connectivity index (χ1) is 18.0. The Morgan fingerprint density at radius 3 is 2.61 bits per heavy atom. The van der Waals surface area contributed by atoms with Gasteiger partial charge < -0.3 is 20.1 Å². The van der Waals surface area contributed by atoms with Gasteiger partial charge in [0.2, 0.25) is 11.8 Å². The Hall–Kier alpha value is -3.22. The van der Waals surface area contributed by atoms with Crippen LogP contribution in [-0.2, 0) is 4.79 Å². The van der Waals surface area contributed by atoms with Gasteiger partial charge >= 0.3 is 6.18 Å². The van der Waals surface area contributed by atoms with Gasteiger partial charge in [-0.1, -0.05) is 6.92 Å². The number of H-pyrrole nitrogens is 1. The molecule has 3 heterocycles. The van der Waals surface area contributed by atoms with Crippen LogP contribution < -0.4 is 10.1 Å². The molecule has 9 nitrogen and oxygen atoms in total. The smallest absolute Gasteiger partial charge is 0.417 e. The molecule has 0 aromatic carbocycles. The maximum atomic E-state index is 14.3. The average molecular weight is 542 g/mol. The minimum atomic E-state index is -4.69. The van der Waals surface area contributed by atoms with Crippen molar-refractivity contribution in [1.82, 2.24) is 25.4 Å². The van der Waals surface area contributed by atoms with E-state index in [0.29, 0.717) is 31.5 Å². The van der Waals surface area contributed by atoms with Gasteiger partial charge in [-0.15, -0.1) is 0 Å². The molecule has 1 aliphatic heterocycles. The van der Waals surface area contributed by atoms with E-state index in [4.69, 9.17) is 4.74 Å².